The van der Waals surface area contributed by atoms with Crippen molar-refractivity contribution < 1.29 is 4.74 Å². The maximum Gasteiger partial charge on any atom is 0.273 e. The number of H-pyrrole nitrogens is 2. The lowest BCUT2D eigenvalue weighted by Gasteiger charge is -2.01. The van der Waals surface area contributed by atoms with Gasteiger partial charge in [0.15, 0.2) is 0 Å². The molecule has 1 aromatic carbocycles. The number of imidazole rings is 1. The molecule has 1 aliphatic rings. The summed E-state index contributed by atoms with van der Waals surface area (Å²) >= 11 is 0. The van der Waals surface area contributed by atoms with E-state index in [0.29, 0.717) is 30.5 Å². The van der Waals surface area contributed by atoms with Gasteiger partial charge in [0, 0.05) is 6.20 Å². The first-order valence-electron chi connectivity index (χ1n) is 7.53. The largest absolute Gasteiger partial charge is 0.369 e. The van der Waals surface area contributed by atoms with E-state index in [-0.39, 0.29) is 5.56 Å². The third-order valence-corrected chi connectivity index (χ3v) is 3.98. The lowest BCUT2D eigenvalue weighted by molar-refractivity contribution is 0.102. The molecule has 4 rings (SSSR count). The van der Waals surface area contributed by atoms with Gasteiger partial charge >= 0.3 is 0 Å². The monoisotopic (exact) mass is 295 g/mol. The molecule has 1 fully saturated rings. The van der Waals surface area contributed by atoms with Crippen LogP contribution in [0.25, 0.3) is 11.0 Å². The molecule has 22 heavy (non-hydrogen) atoms. The molecule has 3 aromatic rings. The highest BCUT2D eigenvalue weighted by atomic mass is 16.5. The third-order valence-electron chi connectivity index (χ3n) is 3.98. The summed E-state index contributed by atoms with van der Waals surface area (Å²) in [6.45, 7) is 0.900. The minimum atomic E-state index is -0.124. The second kappa shape index (κ2) is 5.42. The number of rotatable bonds is 5. The van der Waals surface area contributed by atoms with Crippen LogP contribution in [0.1, 0.15) is 35.7 Å². The zero-order valence-corrected chi connectivity index (χ0v) is 12.1. The van der Waals surface area contributed by atoms with Crippen LogP contribution >= 0.6 is 0 Å². The lowest BCUT2D eigenvalue weighted by atomic mass is 10.1. The van der Waals surface area contributed by atoms with E-state index in [0.717, 1.165) is 16.6 Å². The van der Waals surface area contributed by atoms with Crippen LogP contribution in [0, 0.1) is 0 Å². The molecule has 0 bridgehead atoms. The fourth-order valence-electron chi connectivity index (χ4n) is 2.69. The molecule has 1 saturated carbocycles. The van der Waals surface area contributed by atoms with Crippen LogP contribution in [-0.4, -0.2) is 15.0 Å². The zero-order chi connectivity index (χ0) is 14.9. The van der Waals surface area contributed by atoms with Crippen molar-refractivity contribution >= 4 is 11.0 Å². The van der Waals surface area contributed by atoms with Gasteiger partial charge in [-0.05, 0) is 29.9 Å². The molecule has 0 atom stereocenters. The van der Waals surface area contributed by atoms with Crippen LogP contribution in [0.5, 0.6) is 0 Å². The molecular weight excluding hydrogens is 278 g/mol. The number of hydrogen-bond acceptors (Lipinski definition) is 3. The van der Waals surface area contributed by atoms with E-state index in [1.54, 1.807) is 6.20 Å². The topological polar surface area (TPSA) is 70.8 Å². The number of aromatic amines is 2. The second-order valence-electron chi connectivity index (χ2n) is 5.73. The zero-order valence-electron chi connectivity index (χ0n) is 12.1. The molecule has 112 valence electrons. The molecular formula is C17H17N3O2. The van der Waals surface area contributed by atoms with Crippen LogP contribution < -0.4 is 5.56 Å². The second-order valence-corrected chi connectivity index (χ2v) is 5.73. The molecule has 0 unspecified atom stereocenters. The number of ether oxygens (including phenoxy) is 1. The van der Waals surface area contributed by atoms with Crippen molar-refractivity contribution in [3.05, 3.63) is 63.8 Å². The molecule has 0 aliphatic heterocycles. The molecule has 0 spiro atoms. The highest BCUT2D eigenvalue weighted by molar-refractivity contribution is 5.78. The number of fused-ring (bicyclic) bond motifs is 1. The lowest BCUT2D eigenvalue weighted by Crippen LogP contribution is -2.06. The fourth-order valence-corrected chi connectivity index (χ4v) is 2.69. The minimum Gasteiger partial charge on any atom is -0.369 e. The van der Waals surface area contributed by atoms with Gasteiger partial charge in [-0.25, -0.2) is 4.98 Å². The van der Waals surface area contributed by atoms with E-state index in [1.165, 1.54) is 12.8 Å². The third kappa shape index (κ3) is 2.55. The van der Waals surface area contributed by atoms with Gasteiger partial charge in [-0.1, -0.05) is 30.3 Å². The first kappa shape index (κ1) is 13.3. The summed E-state index contributed by atoms with van der Waals surface area (Å²) in [5, 5.41) is 0. The van der Waals surface area contributed by atoms with Gasteiger partial charge in [-0.3, -0.25) is 4.79 Å². The van der Waals surface area contributed by atoms with E-state index in [1.807, 2.05) is 30.3 Å². The molecule has 2 aromatic heterocycles. The summed E-state index contributed by atoms with van der Waals surface area (Å²) < 4.78 is 5.69. The maximum atomic E-state index is 11.9. The van der Waals surface area contributed by atoms with E-state index >= 15 is 0 Å². The number of benzene rings is 1. The van der Waals surface area contributed by atoms with Gasteiger partial charge < -0.3 is 14.7 Å². The average Bonchev–Trinajstić information content (AvgIpc) is 3.28. The van der Waals surface area contributed by atoms with Gasteiger partial charge in [0.1, 0.15) is 17.9 Å². The number of aromatic nitrogens is 3. The normalized spacial score (nSPS) is 14.5. The first-order chi connectivity index (χ1) is 10.8. The Morgan fingerprint density at radius 3 is 2.77 bits per heavy atom. The standard InChI is InChI=1S/C17H17N3O2/c21-17-16-15(13(8-18-17)12-6-7-12)19-14(20-16)10-22-9-11-4-2-1-3-5-11/h1-5,8,12H,6-7,9-10H2,(H,18,21)(H,19,20). The van der Waals surface area contributed by atoms with Gasteiger partial charge in [0.25, 0.3) is 5.56 Å². The molecule has 0 radical (unpaired) electrons. The first-order valence-corrected chi connectivity index (χ1v) is 7.53. The summed E-state index contributed by atoms with van der Waals surface area (Å²) in [4.78, 5) is 22.4. The summed E-state index contributed by atoms with van der Waals surface area (Å²) in [6, 6.07) is 10.0. The molecule has 5 nitrogen and oxygen atoms in total. The van der Waals surface area contributed by atoms with Crippen LogP contribution in [-0.2, 0) is 18.0 Å². The summed E-state index contributed by atoms with van der Waals surface area (Å²) in [5.74, 6) is 1.24. The average molecular weight is 295 g/mol. The molecule has 0 saturated heterocycles. The highest BCUT2D eigenvalue weighted by Gasteiger charge is 2.27. The van der Waals surface area contributed by atoms with Crippen molar-refractivity contribution in [3.8, 4) is 0 Å². The van der Waals surface area contributed by atoms with Gasteiger partial charge in [0.05, 0.1) is 12.1 Å². The predicted octanol–water partition coefficient (Wildman–Crippen LogP) is 2.85. The Morgan fingerprint density at radius 2 is 2.00 bits per heavy atom. The van der Waals surface area contributed by atoms with Gasteiger partial charge in [-0.2, -0.15) is 0 Å². The van der Waals surface area contributed by atoms with E-state index in [2.05, 4.69) is 15.0 Å². The Hall–Kier alpha value is -2.40. The van der Waals surface area contributed by atoms with Crippen molar-refractivity contribution in [1.82, 2.24) is 15.0 Å². The van der Waals surface area contributed by atoms with Gasteiger partial charge in [0.2, 0.25) is 0 Å². The van der Waals surface area contributed by atoms with E-state index in [4.69, 9.17) is 4.74 Å². The predicted molar refractivity (Wildman–Crippen MR) is 83.6 cm³/mol. The Balaban J connectivity index is 1.54. The smallest absolute Gasteiger partial charge is 0.273 e. The maximum absolute atomic E-state index is 11.9. The Morgan fingerprint density at radius 1 is 1.18 bits per heavy atom. The van der Waals surface area contributed by atoms with Crippen molar-refractivity contribution in [2.75, 3.05) is 0 Å². The number of hydrogen-bond donors (Lipinski definition) is 2. The summed E-state index contributed by atoms with van der Waals surface area (Å²) in [6.07, 6.45) is 4.15. The number of pyridine rings is 1. The number of nitrogens with one attached hydrogen (secondary N) is 2. The minimum absolute atomic E-state index is 0.124. The number of nitrogens with zero attached hydrogens (tertiary/aromatic N) is 1. The Kier molecular flexibility index (Phi) is 3.27. The van der Waals surface area contributed by atoms with E-state index in [9.17, 15) is 4.79 Å². The highest BCUT2D eigenvalue weighted by Crippen LogP contribution is 2.41. The van der Waals surface area contributed by atoms with Crippen LogP contribution in [0.3, 0.4) is 0 Å². The van der Waals surface area contributed by atoms with Crippen LogP contribution in [0.15, 0.2) is 41.3 Å². The molecule has 1 aliphatic carbocycles. The van der Waals surface area contributed by atoms with Crippen LogP contribution in [0.4, 0.5) is 0 Å². The van der Waals surface area contributed by atoms with E-state index < -0.39 is 0 Å². The quantitative estimate of drug-likeness (QED) is 0.760. The Bertz CT molecular complexity index is 847. The molecule has 2 N–H and O–H groups in total. The van der Waals surface area contributed by atoms with Crippen molar-refractivity contribution in [3.63, 3.8) is 0 Å². The van der Waals surface area contributed by atoms with Crippen molar-refractivity contribution in [2.45, 2.75) is 32.0 Å². The van der Waals surface area contributed by atoms with Gasteiger partial charge in [-0.15, -0.1) is 0 Å². The summed E-state index contributed by atoms with van der Waals surface area (Å²) in [5.41, 5.74) is 3.49. The SMILES string of the molecule is O=c1[nH]cc(C2CC2)c2nc(COCc3ccccc3)[nH]c12. The van der Waals surface area contributed by atoms with Crippen LogP contribution in [0.2, 0.25) is 0 Å². The summed E-state index contributed by atoms with van der Waals surface area (Å²) in [7, 11) is 0. The molecule has 5 heteroatoms. The molecule has 0 amide bonds. The fraction of sp³-hybridized carbons (Fsp3) is 0.294. The van der Waals surface area contributed by atoms with Crippen molar-refractivity contribution in [1.29, 1.82) is 0 Å². The molecule has 2 heterocycles. The Labute approximate surface area is 127 Å². The van der Waals surface area contributed by atoms with Crippen molar-refractivity contribution in [2.24, 2.45) is 0 Å².